The van der Waals surface area contributed by atoms with Crippen molar-refractivity contribution < 1.29 is 9.47 Å². The Kier molecular flexibility index (Phi) is 6.61. The van der Waals surface area contributed by atoms with Gasteiger partial charge >= 0.3 is 0 Å². The van der Waals surface area contributed by atoms with Crippen molar-refractivity contribution in [2.24, 2.45) is 10.9 Å². The summed E-state index contributed by atoms with van der Waals surface area (Å²) >= 11 is 3.51. The second-order valence-corrected chi connectivity index (χ2v) is 6.27. The van der Waals surface area contributed by atoms with E-state index in [0.717, 1.165) is 40.0 Å². The highest BCUT2D eigenvalue weighted by molar-refractivity contribution is 14.0. The van der Waals surface area contributed by atoms with Gasteiger partial charge in [0.15, 0.2) is 17.5 Å². The minimum atomic E-state index is 0. The Hall–Kier alpha value is -0.700. The molecule has 1 aromatic carbocycles. The van der Waals surface area contributed by atoms with Crippen LogP contribution in [0, 0.1) is 5.92 Å². The lowest BCUT2D eigenvalue weighted by Crippen LogP contribution is -2.40. The van der Waals surface area contributed by atoms with Gasteiger partial charge in [0, 0.05) is 20.1 Å². The largest absolute Gasteiger partial charge is 0.454 e. The van der Waals surface area contributed by atoms with Gasteiger partial charge in [0.05, 0.1) is 4.47 Å². The van der Waals surface area contributed by atoms with Crippen LogP contribution in [0.4, 0.5) is 0 Å². The third-order valence-corrected chi connectivity index (χ3v) is 4.54. The fraction of sp³-hybridized carbons (Fsp3) is 0.533. The van der Waals surface area contributed by atoms with Crippen molar-refractivity contribution in [1.82, 2.24) is 10.6 Å². The Morgan fingerprint density at radius 3 is 2.82 bits per heavy atom. The molecule has 0 saturated heterocycles. The third-order valence-electron chi connectivity index (χ3n) is 3.95. The minimum Gasteiger partial charge on any atom is -0.454 e. The number of guanidine groups is 1. The van der Waals surface area contributed by atoms with Crippen LogP contribution in [-0.4, -0.2) is 26.3 Å². The van der Waals surface area contributed by atoms with Gasteiger partial charge < -0.3 is 20.1 Å². The van der Waals surface area contributed by atoms with Crippen molar-refractivity contribution in [3.8, 4) is 11.5 Å². The van der Waals surface area contributed by atoms with Crippen molar-refractivity contribution in [3.63, 3.8) is 0 Å². The molecule has 2 N–H and O–H groups in total. The Bertz CT molecular complexity index is 550. The molecule has 0 radical (unpaired) electrons. The zero-order valence-electron chi connectivity index (χ0n) is 12.5. The van der Waals surface area contributed by atoms with Gasteiger partial charge in [-0.25, -0.2) is 0 Å². The minimum absolute atomic E-state index is 0. The maximum atomic E-state index is 5.43. The first kappa shape index (κ1) is 17.7. The van der Waals surface area contributed by atoms with Crippen molar-refractivity contribution >= 4 is 45.9 Å². The van der Waals surface area contributed by atoms with E-state index in [1.54, 1.807) is 7.05 Å². The fourth-order valence-electron chi connectivity index (χ4n) is 2.47. The van der Waals surface area contributed by atoms with Gasteiger partial charge in [-0.1, -0.05) is 6.42 Å². The lowest BCUT2D eigenvalue weighted by molar-refractivity contribution is 0.173. The zero-order valence-corrected chi connectivity index (χ0v) is 16.4. The number of hydrogen-bond acceptors (Lipinski definition) is 3. The van der Waals surface area contributed by atoms with Crippen LogP contribution in [0.25, 0.3) is 0 Å². The summed E-state index contributed by atoms with van der Waals surface area (Å²) < 4.78 is 11.7. The van der Waals surface area contributed by atoms with Crippen LogP contribution >= 0.6 is 39.9 Å². The fourth-order valence-corrected chi connectivity index (χ4v) is 3.07. The number of fused-ring (bicyclic) bond motifs is 1. The van der Waals surface area contributed by atoms with E-state index in [4.69, 9.17) is 9.47 Å². The summed E-state index contributed by atoms with van der Waals surface area (Å²) in [5.41, 5.74) is 1.12. The van der Waals surface area contributed by atoms with Gasteiger partial charge in [0.1, 0.15) is 0 Å². The summed E-state index contributed by atoms with van der Waals surface area (Å²) in [5, 5.41) is 6.71. The highest BCUT2D eigenvalue weighted by atomic mass is 127. The van der Waals surface area contributed by atoms with E-state index < -0.39 is 0 Å². The van der Waals surface area contributed by atoms with Crippen molar-refractivity contribution in [1.29, 1.82) is 0 Å². The Balaban J connectivity index is 0.00000176. The molecule has 3 rings (SSSR count). The number of nitrogens with zero attached hydrogens (tertiary/aromatic N) is 1. The number of nitrogens with one attached hydrogen (secondary N) is 2. The Morgan fingerprint density at radius 1 is 1.32 bits per heavy atom. The molecule has 22 heavy (non-hydrogen) atoms. The molecule has 1 aromatic rings. The monoisotopic (exact) mass is 481 g/mol. The molecule has 1 aliphatic heterocycles. The summed E-state index contributed by atoms with van der Waals surface area (Å²) in [6.45, 7) is 1.99. The predicted molar refractivity (Wildman–Crippen MR) is 101 cm³/mol. The second-order valence-electron chi connectivity index (χ2n) is 5.42. The number of halogens is 2. The summed E-state index contributed by atoms with van der Waals surface area (Å²) in [5.74, 6) is 3.23. The topological polar surface area (TPSA) is 54.9 Å². The van der Waals surface area contributed by atoms with Gasteiger partial charge in [0.25, 0.3) is 0 Å². The Morgan fingerprint density at radius 2 is 2.14 bits per heavy atom. The molecule has 7 heteroatoms. The standard InChI is InChI=1S/C15H20BrN3O2.HI/c1-17-15(18-7-10-3-2-4-10)19-8-11-5-12(16)14-13(6-11)20-9-21-14;/h5-6,10H,2-4,7-9H2,1H3,(H2,17,18,19);1H. The van der Waals surface area contributed by atoms with Crippen LogP contribution in [0.15, 0.2) is 21.6 Å². The molecule has 1 fully saturated rings. The molecule has 122 valence electrons. The highest BCUT2D eigenvalue weighted by Crippen LogP contribution is 2.39. The van der Waals surface area contributed by atoms with E-state index in [1.807, 2.05) is 12.1 Å². The molecule has 2 aliphatic rings. The number of ether oxygens (including phenoxy) is 2. The SMILES string of the molecule is CN=C(NCc1cc(Br)c2c(c1)OCO2)NCC1CCC1.I. The molecule has 5 nitrogen and oxygen atoms in total. The smallest absolute Gasteiger partial charge is 0.231 e. The van der Waals surface area contributed by atoms with Crippen molar-refractivity contribution in [3.05, 3.63) is 22.2 Å². The molecular formula is C15H21BrIN3O2. The van der Waals surface area contributed by atoms with Crippen LogP contribution < -0.4 is 20.1 Å². The summed E-state index contributed by atoms with van der Waals surface area (Å²) in [7, 11) is 1.80. The first-order valence-electron chi connectivity index (χ1n) is 7.29. The van der Waals surface area contributed by atoms with Crippen molar-refractivity contribution in [2.75, 3.05) is 20.4 Å². The molecule has 1 saturated carbocycles. The van der Waals surface area contributed by atoms with Crippen LogP contribution in [-0.2, 0) is 6.54 Å². The van der Waals surface area contributed by atoms with E-state index in [2.05, 4.69) is 31.6 Å². The van der Waals surface area contributed by atoms with Crippen molar-refractivity contribution in [2.45, 2.75) is 25.8 Å². The molecule has 0 spiro atoms. The molecule has 1 heterocycles. The number of benzene rings is 1. The van der Waals surface area contributed by atoms with E-state index in [9.17, 15) is 0 Å². The predicted octanol–water partition coefficient (Wildman–Crippen LogP) is 3.26. The Labute approximate surface area is 156 Å². The van der Waals surface area contributed by atoms with Crippen LogP contribution in [0.2, 0.25) is 0 Å². The molecule has 0 unspecified atom stereocenters. The van der Waals surface area contributed by atoms with E-state index in [-0.39, 0.29) is 30.8 Å². The van der Waals surface area contributed by atoms with Crippen LogP contribution in [0.3, 0.4) is 0 Å². The average molecular weight is 482 g/mol. The quantitative estimate of drug-likeness (QED) is 0.393. The second kappa shape index (κ2) is 8.24. The average Bonchev–Trinajstić information content (AvgIpc) is 2.89. The highest BCUT2D eigenvalue weighted by Gasteiger charge is 2.19. The van der Waals surface area contributed by atoms with Gasteiger partial charge in [-0.3, -0.25) is 4.99 Å². The first-order chi connectivity index (χ1) is 10.3. The maximum Gasteiger partial charge on any atom is 0.231 e. The zero-order chi connectivity index (χ0) is 14.7. The van der Waals surface area contributed by atoms with Gasteiger partial charge in [-0.05, 0) is 52.4 Å². The normalized spacial score (nSPS) is 16.7. The molecule has 0 amide bonds. The van der Waals surface area contributed by atoms with E-state index >= 15 is 0 Å². The summed E-state index contributed by atoms with van der Waals surface area (Å²) in [6, 6.07) is 4.04. The number of rotatable bonds is 4. The molecule has 0 aromatic heterocycles. The molecule has 0 bridgehead atoms. The molecule has 0 atom stereocenters. The van der Waals surface area contributed by atoms with E-state index in [0.29, 0.717) is 6.54 Å². The van der Waals surface area contributed by atoms with Crippen LogP contribution in [0.5, 0.6) is 11.5 Å². The molecule has 1 aliphatic carbocycles. The molecular weight excluding hydrogens is 461 g/mol. The summed E-state index contributed by atoms with van der Waals surface area (Å²) in [4.78, 5) is 4.26. The lowest BCUT2D eigenvalue weighted by Gasteiger charge is -2.26. The maximum absolute atomic E-state index is 5.43. The van der Waals surface area contributed by atoms with Gasteiger partial charge in [-0.15, -0.1) is 24.0 Å². The van der Waals surface area contributed by atoms with E-state index in [1.165, 1.54) is 19.3 Å². The summed E-state index contributed by atoms with van der Waals surface area (Å²) in [6.07, 6.45) is 4.03. The van der Waals surface area contributed by atoms with Gasteiger partial charge in [0.2, 0.25) is 6.79 Å². The van der Waals surface area contributed by atoms with Crippen LogP contribution in [0.1, 0.15) is 24.8 Å². The first-order valence-corrected chi connectivity index (χ1v) is 8.08. The number of hydrogen-bond donors (Lipinski definition) is 2. The number of aliphatic imine (C=N–C) groups is 1. The van der Waals surface area contributed by atoms with Gasteiger partial charge in [-0.2, -0.15) is 0 Å². The third kappa shape index (κ3) is 4.18. The lowest BCUT2D eigenvalue weighted by atomic mass is 9.85.